The predicted octanol–water partition coefficient (Wildman–Crippen LogP) is 3.21. The van der Waals surface area contributed by atoms with Gasteiger partial charge in [-0.3, -0.25) is 4.84 Å². The molecule has 110 valence electrons. The van der Waals surface area contributed by atoms with Gasteiger partial charge in [-0.15, -0.1) is 0 Å². The Morgan fingerprint density at radius 2 is 2.10 bits per heavy atom. The van der Waals surface area contributed by atoms with E-state index in [9.17, 15) is 18.0 Å². The van der Waals surface area contributed by atoms with Gasteiger partial charge in [-0.05, 0) is 12.1 Å². The molecule has 0 aliphatic heterocycles. The third-order valence-electron chi connectivity index (χ3n) is 2.29. The van der Waals surface area contributed by atoms with Crippen LogP contribution < -0.4 is 0 Å². The van der Waals surface area contributed by atoms with Crippen LogP contribution in [0.3, 0.4) is 0 Å². The van der Waals surface area contributed by atoms with Crippen molar-refractivity contribution in [1.82, 2.24) is 5.06 Å². The van der Waals surface area contributed by atoms with Crippen molar-refractivity contribution in [3.05, 3.63) is 28.3 Å². The number of hydroxylamine groups is 2. The summed E-state index contributed by atoms with van der Waals surface area (Å²) in [5.74, 6) is -1.44. The van der Waals surface area contributed by atoms with E-state index in [0.717, 1.165) is 17.5 Å². The van der Waals surface area contributed by atoms with Crippen LogP contribution in [0.5, 0.6) is 0 Å². The average Bonchev–Trinajstić information content (AvgIpc) is 2.34. The van der Waals surface area contributed by atoms with Crippen LogP contribution in [0.15, 0.2) is 17.1 Å². The number of halogens is 4. The largest absolute Gasteiger partial charge is 0.478 e. The van der Waals surface area contributed by atoms with E-state index in [1.807, 2.05) is 0 Å². The first-order valence-corrected chi connectivity index (χ1v) is 5.50. The summed E-state index contributed by atoms with van der Waals surface area (Å²) in [6.45, 7) is 0. The minimum absolute atomic E-state index is 0.466. The van der Waals surface area contributed by atoms with Crippen molar-refractivity contribution in [2.75, 3.05) is 14.2 Å². The number of benzene rings is 1. The predicted molar refractivity (Wildman–Crippen MR) is 66.3 cm³/mol. The number of hydrogen-bond acceptors (Lipinski definition) is 3. The third-order valence-corrected chi connectivity index (χ3v) is 2.67. The van der Waals surface area contributed by atoms with Crippen LogP contribution in [-0.4, -0.2) is 36.6 Å². The van der Waals surface area contributed by atoms with Crippen molar-refractivity contribution in [2.24, 2.45) is 4.99 Å². The van der Waals surface area contributed by atoms with Gasteiger partial charge in [-0.1, -0.05) is 11.6 Å². The van der Waals surface area contributed by atoms with Crippen LogP contribution in [-0.2, 0) is 11.0 Å². The highest BCUT2D eigenvalue weighted by Gasteiger charge is 2.35. The Balaban J connectivity index is 3.45. The Bertz CT molecular complexity index is 546. The standard InChI is InChI=1S/C11H10ClF3N2O3/c1-17(20-2)5-16-9-7(11(13,14)15)4-3-6(8(9)12)10(18)19/h3-5H,1-2H3,(H,18,19)/b16-5+. The molecule has 0 bridgehead atoms. The lowest BCUT2D eigenvalue weighted by atomic mass is 10.1. The fourth-order valence-corrected chi connectivity index (χ4v) is 1.57. The Morgan fingerprint density at radius 3 is 2.55 bits per heavy atom. The maximum absolute atomic E-state index is 12.8. The lowest BCUT2D eigenvalue weighted by molar-refractivity contribution is -0.137. The first-order valence-electron chi connectivity index (χ1n) is 5.12. The van der Waals surface area contributed by atoms with E-state index in [1.54, 1.807) is 0 Å². The molecule has 0 heterocycles. The first kappa shape index (κ1) is 16.3. The van der Waals surface area contributed by atoms with Gasteiger partial charge in [0.25, 0.3) is 0 Å². The van der Waals surface area contributed by atoms with E-state index in [1.165, 1.54) is 14.2 Å². The lowest BCUT2D eigenvalue weighted by Gasteiger charge is -2.14. The van der Waals surface area contributed by atoms with E-state index in [0.29, 0.717) is 6.07 Å². The Morgan fingerprint density at radius 1 is 1.50 bits per heavy atom. The minimum atomic E-state index is -4.71. The highest BCUT2D eigenvalue weighted by Crippen LogP contribution is 2.41. The fourth-order valence-electron chi connectivity index (χ4n) is 1.27. The molecule has 0 radical (unpaired) electrons. The summed E-state index contributed by atoms with van der Waals surface area (Å²) < 4.78 is 38.5. The molecule has 0 amide bonds. The second-order valence-corrected chi connectivity index (χ2v) is 3.98. The quantitative estimate of drug-likeness (QED) is 0.527. The van der Waals surface area contributed by atoms with Gasteiger partial charge in [0.15, 0.2) is 0 Å². The molecule has 0 aliphatic rings. The SMILES string of the molecule is CON(C)/C=N/c1c(C(F)(F)F)ccc(C(=O)O)c1Cl. The van der Waals surface area contributed by atoms with Crippen LogP contribution in [0.2, 0.25) is 5.02 Å². The number of hydrogen-bond donors (Lipinski definition) is 1. The van der Waals surface area contributed by atoms with E-state index < -0.39 is 34.0 Å². The molecule has 0 saturated carbocycles. The van der Waals surface area contributed by atoms with E-state index >= 15 is 0 Å². The molecule has 0 spiro atoms. The second-order valence-electron chi connectivity index (χ2n) is 3.60. The average molecular weight is 311 g/mol. The Hall–Kier alpha value is -1.80. The van der Waals surface area contributed by atoms with Crippen molar-refractivity contribution in [2.45, 2.75) is 6.18 Å². The molecule has 0 aliphatic carbocycles. The molecule has 20 heavy (non-hydrogen) atoms. The molecule has 0 fully saturated rings. The van der Waals surface area contributed by atoms with E-state index in [-0.39, 0.29) is 0 Å². The molecule has 0 unspecified atom stereocenters. The lowest BCUT2D eigenvalue weighted by Crippen LogP contribution is -2.14. The van der Waals surface area contributed by atoms with Gasteiger partial charge in [-0.25, -0.2) is 14.9 Å². The van der Waals surface area contributed by atoms with Gasteiger partial charge in [0.1, 0.15) is 6.34 Å². The van der Waals surface area contributed by atoms with Gasteiger partial charge in [0, 0.05) is 7.05 Å². The summed E-state index contributed by atoms with van der Waals surface area (Å²) in [4.78, 5) is 19.1. The molecule has 5 nitrogen and oxygen atoms in total. The summed E-state index contributed by atoms with van der Waals surface area (Å²) in [5, 5.41) is 9.30. The normalized spacial score (nSPS) is 11.9. The highest BCUT2D eigenvalue weighted by molar-refractivity contribution is 6.36. The van der Waals surface area contributed by atoms with Crippen molar-refractivity contribution in [1.29, 1.82) is 0 Å². The zero-order chi connectivity index (χ0) is 15.5. The van der Waals surface area contributed by atoms with E-state index in [4.69, 9.17) is 16.7 Å². The smallest absolute Gasteiger partial charge is 0.418 e. The first-order chi connectivity index (χ1) is 9.18. The topological polar surface area (TPSA) is 62.1 Å². The number of carboxylic acid groups (broad SMARTS) is 1. The monoisotopic (exact) mass is 310 g/mol. The van der Waals surface area contributed by atoms with Crippen LogP contribution >= 0.6 is 11.6 Å². The molecule has 1 aromatic rings. The highest BCUT2D eigenvalue weighted by atomic mass is 35.5. The summed E-state index contributed by atoms with van der Waals surface area (Å²) in [7, 11) is 2.68. The molecule has 1 N–H and O–H groups in total. The van der Waals surface area contributed by atoms with Crippen LogP contribution in [0, 0.1) is 0 Å². The number of aliphatic imine (C=N–C) groups is 1. The summed E-state index contributed by atoms with van der Waals surface area (Å²) in [5.41, 5.74) is -2.27. The molecular weight excluding hydrogens is 301 g/mol. The second kappa shape index (κ2) is 6.10. The fraction of sp³-hybridized carbons (Fsp3) is 0.273. The summed E-state index contributed by atoms with van der Waals surface area (Å²) in [6, 6.07) is 1.40. The van der Waals surface area contributed by atoms with Crippen molar-refractivity contribution in [3.8, 4) is 0 Å². The van der Waals surface area contributed by atoms with Crippen LogP contribution in [0.4, 0.5) is 18.9 Å². The molecule has 0 saturated heterocycles. The zero-order valence-electron chi connectivity index (χ0n) is 10.4. The van der Waals surface area contributed by atoms with Crippen molar-refractivity contribution >= 4 is 29.6 Å². The number of carboxylic acids is 1. The summed E-state index contributed by atoms with van der Waals surface area (Å²) >= 11 is 5.69. The zero-order valence-corrected chi connectivity index (χ0v) is 11.2. The molecule has 1 aromatic carbocycles. The number of nitrogens with zero attached hydrogens (tertiary/aromatic N) is 2. The van der Waals surface area contributed by atoms with Gasteiger partial charge >= 0.3 is 12.1 Å². The van der Waals surface area contributed by atoms with Crippen LogP contribution in [0.25, 0.3) is 0 Å². The number of carbonyl (C=O) groups is 1. The number of rotatable bonds is 4. The van der Waals surface area contributed by atoms with Gasteiger partial charge in [0.2, 0.25) is 0 Å². The maximum atomic E-state index is 12.8. The molecule has 0 atom stereocenters. The maximum Gasteiger partial charge on any atom is 0.418 e. The van der Waals surface area contributed by atoms with Crippen molar-refractivity contribution < 1.29 is 27.9 Å². The number of aromatic carboxylic acids is 1. The summed E-state index contributed by atoms with van der Waals surface area (Å²) in [6.07, 6.45) is -3.76. The van der Waals surface area contributed by atoms with Crippen LogP contribution in [0.1, 0.15) is 15.9 Å². The molecule has 1 rings (SSSR count). The van der Waals surface area contributed by atoms with Gasteiger partial charge in [0.05, 0.1) is 28.9 Å². The number of alkyl halides is 3. The van der Waals surface area contributed by atoms with E-state index in [2.05, 4.69) is 9.83 Å². The molecule has 0 aromatic heterocycles. The van der Waals surface area contributed by atoms with Gasteiger partial charge in [-0.2, -0.15) is 13.2 Å². The molecule has 9 heteroatoms. The minimum Gasteiger partial charge on any atom is -0.478 e. The molecular formula is C11H10ClF3N2O3. The van der Waals surface area contributed by atoms with Crippen molar-refractivity contribution in [3.63, 3.8) is 0 Å². The van der Waals surface area contributed by atoms with Gasteiger partial charge < -0.3 is 5.11 Å². The Labute approximate surface area is 117 Å². The third kappa shape index (κ3) is 3.61. The Kier molecular flexibility index (Phi) is 4.96.